The van der Waals surface area contributed by atoms with Crippen LogP contribution in [0.25, 0.3) is 0 Å². The van der Waals surface area contributed by atoms with Gasteiger partial charge in [0.25, 0.3) is 5.97 Å². The Bertz CT molecular complexity index is 856. The molecule has 2 aromatic carbocycles. The zero-order chi connectivity index (χ0) is 21.4. The molecule has 1 fully saturated rings. The van der Waals surface area contributed by atoms with Gasteiger partial charge in [0.05, 0.1) is 12.6 Å². The number of ether oxygens (including phenoxy) is 1. The Balaban J connectivity index is 0.000000687. The highest BCUT2D eigenvalue weighted by molar-refractivity contribution is 6.30. The van der Waals surface area contributed by atoms with Gasteiger partial charge >= 0.3 is 0 Å². The first-order valence-corrected chi connectivity index (χ1v) is 9.49. The standard InChI is InChI=1S/C18H16Cl2N2O3.C2H4O2/c19-14-6-4-12(5-7-14)17-18(13-2-1-3-15(20)10-13)25-11-16(23)22(17)9-8-21-24;1-2(3)4/h1-7,10,17-18H,8-9,11H2;1H3,(H,3,4). The lowest BCUT2D eigenvalue weighted by Gasteiger charge is -2.41. The topological polar surface area (TPSA) is 96.3 Å². The van der Waals surface area contributed by atoms with Crippen molar-refractivity contribution in [2.24, 2.45) is 5.18 Å². The number of morpholine rings is 1. The molecule has 0 bridgehead atoms. The van der Waals surface area contributed by atoms with Gasteiger partial charge < -0.3 is 14.7 Å². The largest absolute Gasteiger partial charge is 0.481 e. The first kappa shape index (κ1) is 22.8. The van der Waals surface area contributed by atoms with E-state index in [1.54, 1.807) is 23.1 Å². The van der Waals surface area contributed by atoms with Crippen LogP contribution in [0.3, 0.4) is 0 Å². The molecule has 1 aliphatic heterocycles. The summed E-state index contributed by atoms with van der Waals surface area (Å²) in [6.45, 7) is 1.29. The number of nitroso groups, excluding NO2 is 1. The van der Waals surface area contributed by atoms with Gasteiger partial charge in [-0.3, -0.25) is 9.59 Å². The van der Waals surface area contributed by atoms with E-state index in [4.69, 9.17) is 37.8 Å². The molecule has 0 spiro atoms. The van der Waals surface area contributed by atoms with Crippen LogP contribution >= 0.6 is 23.2 Å². The zero-order valence-electron chi connectivity index (χ0n) is 15.6. The SMILES string of the molecule is CC(=O)O.O=NCCN1C(=O)COC(c2cccc(Cl)c2)C1c1ccc(Cl)cc1. The van der Waals surface area contributed by atoms with Gasteiger partial charge in [0.2, 0.25) is 5.91 Å². The Morgan fingerprint density at radius 1 is 1.17 bits per heavy atom. The predicted octanol–water partition coefficient (Wildman–Crippen LogP) is 4.49. The molecule has 0 aromatic heterocycles. The number of carboxylic acids is 1. The van der Waals surface area contributed by atoms with Gasteiger partial charge in [0.1, 0.15) is 12.7 Å². The predicted molar refractivity (Wildman–Crippen MR) is 110 cm³/mol. The summed E-state index contributed by atoms with van der Waals surface area (Å²) in [6.07, 6.45) is -0.399. The van der Waals surface area contributed by atoms with Crippen LogP contribution in [0.2, 0.25) is 10.0 Å². The Labute approximate surface area is 178 Å². The number of halogens is 2. The van der Waals surface area contributed by atoms with Crippen LogP contribution in [0.15, 0.2) is 53.7 Å². The van der Waals surface area contributed by atoms with E-state index in [0.29, 0.717) is 10.0 Å². The molecular weight excluding hydrogens is 419 g/mol. The molecule has 0 radical (unpaired) electrons. The molecule has 9 heteroatoms. The van der Waals surface area contributed by atoms with Crippen LogP contribution in [0.1, 0.15) is 30.2 Å². The van der Waals surface area contributed by atoms with E-state index in [0.717, 1.165) is 18.1 Å². The van der Waals surface area contributed by atoms with E-state index < -0.39 is 18.1 Å². The minimum absolute atomic E-state index is 0.0259. The number of hydrogen-bond donors (Lipinski definition) is 1. The van der Waals surface area contributed by atoms with Crippen LogP contribution in [-0.4, -0.2) is 41.6 Å². The fourth-order valence-electron chi connectivity index (χ4n) is 3.04. The van der Waals surface area contributed by atoms with Crippen LogP contribution < -0.4 is 0 Å². The number of aliphatic carboxylic acids is 1. The molecule has 1 N–H and O–H groups in total. The van der Waals surface area contributed by atoms with Crippen molar-refractivity contribution in [3.8, 4) is 0 Å². The Morgan fingerprint density at radius 3 is 2.41 bits per heavy atom. The summed E-state index contributed by atoms with van der Waals surface area (Å²) in [7, 11) is 0. The summed E-state index contributed by atoms with van der Waals surface area (Å²) in [5, 5.41) is 11.5. The van der Waals surface area contributed by atoms with Crippen LogP contribution in [0.4, 0.5) is 0 Å². The number of carbonyl (C=O) groups excluding carboxylic acids is 1. The lowest BCUT2D eigenvalue weighted by molar-refractivity contribution is -0.158. The number of rotatable bonds is 5. The molecule has 1 aliphatic rings. The van der Waals surface area contributed by atoms with Gasteiger partial charge in [-0.15, -0.1) is 0 Å². The molecule has 154 valence electrons. The maximum Gasteiger partial charge on any atom is 0.300 e. The van der Waals surface area contributed by atoms with Crippen molar-refractivity contribution in [3.05, 3.63) is 74.6 Å². The van der Waals surface area contributed by atoms with Crippen molar-refractivity contribution in [2.45, 2.75) is 19.1 Å². The van der Waals surface area contributed by atoms with E-state index in [1.165, 1.54) is 0 Å². The smallest absolute Gasteiger partial charge is 0.300 e. The molecule has 2 atom stereocenters. The van der Waals surface area contributed by atoms with E-state index in [1.807, 2.05) is 30.3 Å². The highest BCUT2D eigenvalue weighted by Gasteiger charge is 2.38. The average molecular weight is 439 g/mol. The summed E-state index contributed by atoms with van der Waals surface area (Å²) in [6, 6.07) is 14.2. The number of hydrogen-bond acceptors (Lipinski definition) is 5. The fourth-order valence-corrected chi connectivity index (χ4v) is 3.37. The summed E-state index contributed by atoms with van der Waals surface area (Å²) in [4.78, 5) is 33.6. The van der Waals surface area contributed by atoms with Crippen molar-refractivity contribution in [1.82, 2.24) is 4.90 Å². The maximum atomic E-state index is 12.4. The summed E-state index contributed by atoms with van der Waals surface area (Å²) < 4.78 is 5.85. The minimum atomic E-state index is -0.833. The molecular formula is C20H20Cl2N2O5. The third kappa shape index (κ3) is 6.52. The molecule has 7 nitrogen and oxygen atoms in total. The Morgan fingerprint density at radius 2 is 1.83 bits per heavy atom. The molecule has 2 unspecified atom stereocenters. The van der Waals surface area contributed by atoms with Gasteiger partial charge in [-0.05, 0) is 35.4 Å². The summed E-state index contributed by atoms with van der Waals surface area (Å²) in [5.74, 6) is -1.01. The third-order valence-electron chi connectivity index (χ3n) is 4.15. The summed E-state index contributed by atoms with van der Waals surface area (Å²) in [5.41, 5.74) is 1.73. The van der Waals surface area contributed by atoms with E-state index in [9.17, 15) is 9.70 Å². The van der Waals surface area contributed by atoms with E-state index in [-0.39, 0.29) is 25.6 Å². The Hall–Kier alpha value is -2.48. The van der Waals surface area contributed by atoms with Gasteiger partial charge in [-0.2, -0.15) is 4.91 Å². The van der Waals surface area contributed by atoms with Crippen molar-refractivity contribution >= 4 is 35.1 Å². The fraction of sp³-hybridized carbons (Fsp3) is 0.300. The molecule has 29 heavy (non-hydrogen) atoms. The Kier molecular flexibility index (Phi) is 8.57. The first-order valence-electron chi connectivity index (χ1n) is 8.74. The second-order valence-corrected chi connectivity index (χ2v) is 7.11. The van der Waals surface area contributed by atoms with Gasteiger partial charge in [0, 0.05) is 23.5 Å². The second-order valence-electron chi connectivity index (χ2n) is 6.24. The summed E-state index contributed by atoms with van der Waals surface area (Å²) >= 11 is 12.1. The van der Waals surface area contributed by atoms with E-state index >= 15 is 0 Å². The van der Waals surface area contributed by atoms with Crippen molar-refractivity contribution in [3.63, 3.8) is 0 Å². The third-order valence-corrected chi connectivity index (χ3v) is 4.64. The van der Waals surface area contributed by atoms with Gasteiger partial charge in [-0.25, -0.2) is 0 Å². The lowest BCUT2D eigenvalue weighted by Crippen LogP contribution is -2.46. The number of amides is 1. The number of carbonyl (C=O) groups is 2. The average Bonchev–Trinajstić information content (AvgIpc) is 2.67. The number of benzene rings is 2. The second kappa shape index (κ2) is 10.9. The molecule has 3 rings (SSSR count). The van der Waals surface area contributed by atoms with Crippen molar-refractivity contribution < 1.29 is 19.4 Å². The van der Waals surface area contributed by atoms with Gasteiger partial charge in [0.15, 0.2) is 0 Å². The normalized spacial score (nSPS) is 18.6. The zero-order valence-corrected chi connectivity index (χ0v) is 17.1. The number of nitrogens with zero attached hydrogens (tertiary/aromatic N) is 2. The van der Waals surface area contributed by atoms with Crippen molar-refractivity contribution in [1.29, 1.82) is 0 Å². The molecule has 1 saturated heterocycles. The van der Waals surface area contributed by atoms with Crippen molar-refractivity contribution in [2.75, 3.05) is 19.7 Å². The monoisotopic (exact) mass is 438 g/mol. The first-order chi connectivity index (χ1) is 13.8. The molecule has 1 heterocycles. The molecule has 1 amide bonds. The van der Waals surface area contributed by atoms with Crippen LogP contribution in [0, 0.1) is 4.91 Å². The van der Waals surface area contributed by atoms with E-state index in [2.05, 4.69) is 5.18 Å². The van der Waals surface area contributed by atoms with Crippen LogP contribution in [0.5, 0.6) is 0 Å². The highest BCUT2D eigenvalue weighted by Crippen LogP contribution is 2.40. The van der Waals surface area contributed by atoms with Gasteiger partial charge in [-0.1, -0.05) is 52.6 Å². The molecule has 0 saturated carbocycles. The quantitative estimate of drug-likeness (QED) is 0.693. The minimum Gasteiger partial charge on any atom is -0.481 e. The molecule has 0 aliphatic carbocycles. The lowest BCUT2D eigenvalue weighted by atomic mass is 9.92. The highest BCUT2D eigenvalue weighted by atomic mass is 35.5. The molecule has 2 aromatic rings. The maximum absolute atomic E-state index is 12.4. The number of carboxylic acid groups (broad SMARTS) is 1. The van der Waals surface area contributed by atoms with Crippen LogP contribution in [-0.2, 0) is 14.3 Å².